The zero-order valence-corrected chi connectivity index (χ0v) is 11.9. The lowest BCUT2D eigenvalue weighted by Gasteiger charge is -2.10. The Bertz CT molecular complexity index is 722. The predicted octanol–water partition coefficient (Wildman–Crippen LogP) is 1.89. The molecule has 0 saturated carbocycles. The summed E-state index contributed by atoms with van der Waals surface area (Å²) >= 11 is 0. The topological polar surface area (TPSA) is 81.4 Å². The van der Waals surface area contributed by atoms with Crippen molar-refractivity contribution in [2.75, 3.05) is 6.61 Å². The average Bonchev–Trinajstić information content (AvgIpc) is 2.48. The van der Waals surface area contributed by atoms with Gasteiger partial charge in [-0.15, -0.1) is 0 Å². The molecule has 0 saturated heterocycles. The molecule has 110 valence electrons. The zero-order valence-electron chi connectivity index (χ0n) is 11.9. The van der Waals surface area contributed by atoms with Crippen molar-refractivity contribution in [1.29, 1.82) is 0 Å². The second-order valence-corrected chi connectivity index (χ2v) is 4.37. The smallest absolute Gasteiger partial charge is 0.360 e. The van der Waals surface area contributed by atoms with Crippen LogP contribution in [0.25, 0.3) is 5.69 Å². The van der Waals surface area contributed by atoms with Gasteiger partial charge in [-0.05, 0) is 25.5 Å². The van der Waals surface area contributed by atoms with E-state index < -0.39 is 17.1 Å². The molecule has 2 rings (SSSR count). The number of ether oxygens (including phenoxy) is 1. The lowest BCUT2D eigenvalue weighted by atomic mass is 10.2. The average molecular weight is 288 g/mol. The van der Waals surface area contributed by atoms with Crippen LogP contribution >= 0.6 is 0 Å². The summed E-state index contributed by atoms with van der Waals surface area (Å²) in [6.07, 6.45) is 1.99. The number of aryl methyl sites for hydroxylation is 1. The number of rotatable bonds is 5. The summed E-state index contributed by atoms with van der Waals surface area (Å²) in [7, 11) is 0. The van der Waals surface area contributed by atoms with Gasteiger partial charge in [0.1, 0.15) is 5.75 Å². The number of carboxylic acid groups (broad SMARTS) is 1. The number of benzene rings is 1. The SMILES string of the molecule is CCOc1cccc(-n2cc(CC)c(=O)c(C(=O)O)n2)c1. The molecule has 0 aliphatic rings. The minimum absolute atomic E-state index is 0.407. The van der Waals surface area contributed by atoms with E-state index in [1.54, 1.807) is 37.4 Å². The quantitative estimate of drug-likeness (QED) is 0.908. The molecule has 1 aromatic carbocycles. The van der Waals surface area contributed by atoms with E-state index >= 15 is 0 Å². The molecule has 1 N–H and O–H groups in total. The third kappa shape index (κ3) is 3.10. The van der Waals surface area contributed by atoms with Crippen molar-refractivity contribution in [3.63, 3.8) is 0 Å². The third-order valence-corrected chi connectivity index (χ3v) is 2.97. The standard InChI is InChI=1S/C15H16N2O4/c1-3-10-9-17(16-13(14(10)18)15(19)20)11-6-5-7-12(8-11)21-4-2/h5-9H,3-4H2,1-2H3,(H,19,20). The van der Waals surface area contributed by atoms with Crippen LogP contribution < -0.4 is 10.2 Å². The summed E-state index contributed by atoms with van der Waals surface area (Å²) in [4.78, 5) is 23.1. The van der Waals surface area contributed by atoms with Gasteiger partial charge in [0.05, 0.1) is 12.3 Å². The van der Waals surface area contributed by atoms with E-state index in [4.69, 9.17) is 9.84 Å². The number of hydrogen-bond donors (Lipinski definition) is 1. The first kappa shape index (κ1) is 14.8. The van der Waals surface area contributed by atoms with Crippen molar-refractivity contribution in [1.82, 2.24) is 9.78 Å². The van der Waals surface area contributed by atoms with Gasteiger partial charge in [-0.3, -0.25) is 4.79 Å². The van der Waals surface area contributed by atoms with E-state index in [0.29, 0.717) is 30.0 Å². The van der Waals surface area contributed by atoms with E-state index in [0.717, 1.165) is 0 Å². The number of aromatic carboxylic acids is 1. The fourth-order valence-corrected chi connectivity index (χ4v) is 1.95. The summed E-state index contributed by atoms with van der Waals surface area (Å²) in [5.41, 5.74) is 0.0285. The van der Waals surface area contributed by atoms with E-state index in [1.165, 1.54) is 4.68 Å². The van der Waals surface area contributed by atoms with Gasteiger partial charge in [-0.25, -0.2) is 9.48 Å². The van der Waals surface area contributed by atoms with Crippen LogP contribution in [0, 0.1) is 0 Å². The minimum atomic E-state index is -1.33. The molecule has 0 fully saturated rings. The molecular weight excluding hydrogens is 272 g/mol. The predicted molar refractivity (Wildman–Crippen MR) is 77.3 cm³/mol. The zero-order chi connectivity index (χ0) is 15.4. The Labute approximate surface area is 121 Å². The molecule has 0 radical (unpaired) electrons. The number of hydrogen-bond acceptors (Lipinski definition) is 4. The first-order valence-electron chi connectivity index (χ1n) is 6.66. The van der Waals surface area contributed by atoms with Crippen LogP contribution in [0.5, 0.6) is 5.75 Å². The van der Waals surface area contributed by atoms with Gasteiger partial charge in [0.15, 0.2) is 0 Å². The minimum Gasteiger partial charge on any atom is -0.494 e. The highest BCUT2D eigenvalue weighted by molar-refractivity contribution is 5.85. The van der Waals surface area contributed by atoms with Gasteiger partial charge < -0.3 is 9.84 Å². The summed E-state index contributed by atoms with van der Waals surface area (Å²) < 4.78 is 6.80. The number of aromatic nitrogens is 2. The highest BCUT2D eigenvalue weighted by Gasteiger charge is 2.15. The van der Waals surface area contributed by atoms with Gasteiger partial charge in [0.25, 0.3) is 0 Å². The highest BCUT2D eigenvalue weighted by atomic mass is 16.5. The van der Waals surface area contributed by atoms with Crippen LogP contribution in [0.4, 0.5) is 0 Å². The van der Waals surface area contributed by atoms with Crippen LogP contribution in [-0.4, -0.2) is 27.5 Å². The second kappa shape index (κ2) is 6.21. The molecule has 0 spiro atoms. The number of carboxylic acids is 1. The van der Waals surface area contributed by atoms with E-state index in [9.17, 15) is 9.59 Å². The molecule has 0 atom stereocenters. The fourth-order valence-electron chi connectivity index (χ4n) is 1.95. The van der Waals surface area contributed by atoms with Gasteiger partial charge in [0.2, 0.25) is 11.1 Å². The maximum absolute atomic E-state index is 11.9. The van der Waals surface area contributed by atoms with Crippen molar-refractivity contribution >= 4 is 5.97 Å². The second-order valence-electron chi connectivity index (χ2n) is 4.37. The number of carbonyl (C=O) groups is 1. The Hall–Kier alpha value is -2.63. The molecule has 0 bridgehead atoms. The fraction of sp³-hybridized carbons (Fsp3) is 0.267. The molecule has 1 aromatic heterocycles. The molecular formula is C15H16N2O4. The summed E-state index contributed by atoms with van der Waals surface area (Å²) in [5.74, 6) is -0.671. The van der Waals surface area contributed by atoms with Crippen LogP contribution in [0.1, 0.15) is 29.9 Å². The van der Waals surface area contributed by atoms with Crippen molar-refractivity contribution in [2.45, 2.75) is 20.3 Å². The van der Waals surface area contributed by atoms with Crippen LogP contribution in [-0.2, 0) is 6.42 Å². The van der Waals surface area contributed by atoms with Gasteiger partial charge in [-0.2, -0.15) is 5.10 Å². The van der Waals surface area contributed by atoms with Crippen molar-refractivity contribution in [3.05, 3.63) is 51.9 Å². The van der Waals surface area contributed by atoms with Crippen LogP contribution in [0.3, 0.4) is 0 Å². The van der Waals surface area contributed by atoms with Crippen molar-refractivity contribution in [2.24, 2.45) is 0 Å². The Morgan fingerprint density at radius 2 is 2.14 bits per heavy atom. The third-order valence-electron chi connectivity index (χ3n) is 2.97. The molecule has 2 aromatic rings. The van der Waals surface area contributed by atoms with Gasteiger partial charge in [-0.1, -0.05) is 13.0 Å². The summed E-state index contributed by atoms with van der Waals surface area (Å²) in [5, 5.41) is 13.0. The monoisotopic (exact) mass is 288 g/mol. The Balaban J connectivity index is 2.58. The van der Waals surface area contributed by atoms with Crippen molar-refractivity contribution < 1.29 is 14.6 Å². The first-order valence-corrected chi connectivity index (χ1v) is 6.66. The highest BCUT2D eigenvalue weighted by Crippen LogP contribution is 2.16. The lowest BCUT2D eigenvalue weighted by Crippen LogP contribution is -2.24. The molecule has 6 nitrogen and oxygen atoms in total. The van der Waals surface area contributed by atoms with Gasteiger partial charge in [0, 0.05) is 17.8 Å². The molecule has 0 aliphatic carbocycles. The number of nitrogens with zero attached hydrogens (tertiary/aromatic N) is 2. The van der Waals surface area contributed by atoms with E-state index in [2.05, 4.69) is 5.10 Å². The Morgan fingerprint density at radius 1 is 1.38 bits per heavy atom. The normalized spacial score (nSPS) is 10.4. The Morgan fingerprint density at radius 3 is 2.76 bits per heavy atom. The van der Waals surface area contributed by atoms with Crippen molar-refractivity contribution in [3.8, 4) is 11.4 Å². The molecule has 6 heteroatoms. The maximum Gasteiger partial charge on any atom is 0.360 e. The van der Waals surface area contributed by atoms with Gasteiger partial charge >= 0.3 is 5.97 Å². The lowest BCUT2D eigenvalue weighted by molar-refractivity contribution is 0.0686. The molecule has 0 unspecified atom stereocenters. The van der Waals surface area contributed by atoms with Crippen LogP contribution in [0.2, 0.25) is 0 Å². The van der Waals surface area contributed by atoms with E-state index in [1.807, 2.05) is 6.92 Å². The Kier molecular flexibility index (Phi) is 4.37. The maximum atomic E-state index is 11.9. The molecule has 0 aliphatic heterocycles. The first-order chi connectivity index (χ1) is 10.1. The summed E-state index contributed by atoms with van der Waals surface area (Å²) in [6, 6.07) is 7.09. The van der Waals surface area contributed by atoms with E-state index in [-0.39, 0.29) is 0 Å². The summed E-state index contributed by atoms with van der Waals surface area (Å²) in [6.45, 7) is 4.20. The largest absolute Gasteiger partial charge is 0.494 e. The molecule has 21 heavy (non-hydrogen) atoms. The molecule has 1 heterocycles. The molecule has 0 amide bonds. The van der Waals surface area contributed by atoms with Crippen LogP contribution in [0.15, 0.2) is 35.3 Å².